The van der Waals surface area contributed by atoms with Crippen molar-refractivity contribution in [3.63, 3.8) is 0 Å². The Hall–Kier alpha value is -1.10. The van der Waals surface area contributed by atoms with Crippen molar-refractivity contribution in [1.82, 2.24) is 10.3 Å². The van der Waals surface area contributed by atoms with Crippen LogP contribution in [0.15, 0.2) is 23.0 Å². The van der Waals surface area contributed by atoms with E-state index in [1.54, 1.807) is 12.1 Å². The summed E-state index contributed by atoms with van der Waals surface area (Å²) in [5.41, 5.74) is 0.0201. The topological polar surface area (TPSA) is 62.0 Å². The van der Waals surface area contributed by atoms with Gasteiger partial charge in [-0.25, -0.2) is 0 Å². The summed E-state index contributed by atoms with van der Waals surface area (Å²) in [6.07, 6.45) is 0. The molecule has 1 aromatic rings. The van der Waals surface area contributed by atoms with E-state index in [0.717, 1.165) is 0 Å². The number of hydrogen-bond acceptors (Lipinski definition) is 2. The minimum absolute atomic E-state index is 0.0520. The zero-order valence-corrected chi connectivity index (χ0v) is 10.9. The van der Waals surface area contributed by atoms with Gasteiger partial charge in [0.1, 0.15) is 5.69 Å². The van der Waals surface area contributed by atoms with Crippen LogP contribution in [0.25, 0.3) is 0 Å². The Kier molecular flexibility index (Phi) is 4.73. The predicted octanol–water partition coefficient (Wildman–Crippen LogP) is 1.52. The Labute approximate surface area is 103 Å². The number of H-pyrrole nitrogens is 1. The molecule has 5 heteroatoms. The molecule has 1 atom stereocenters. The Balaban J connectivity index is 2.75. The molecule has 88 valence electrons. The van der Waals surface area contributed by atoms with E-state index in [0.29, 0.717) is 16.9 Å². The number of carbonyl (C=O) groups is 1. The van der Waals surface area contributed by atoms with Gasteiger partial charge in [-0.15, -0.1) is 0 Å². The predicted molar refractivity (Wildman–Crippen MR) is 66.9 cm³/mol. The first-order valence-corrected chi connectivity index (χ1v) is 6.23. The Morgan fingerprint density at radius 2 is 2.19 bits per heavy atom. The van der Waals surface area contributed by atoms with Gasteiger partial charge >= 0.3 is 0 Å². The van der Waals surface area contributed by atoms with Crippen molar-refractivity contribution in [2.45, 2.75) is 19.9 Å². The first-order valence-electron chi connectivity index (χ1n) is 5.10. The summed E-state index contributed by atoms with van der Waals surface area (Å²) in [7, 11) is 0. The van der Waals surface area contributed by atoms with Crippen LogP contribution in [-0.4, -0.2) is 22.3 Å². The number of nitrogens with one attached hydrogen (secondary N) is 2. The number of alkyl halides is 1. The van der Waals surface area contributed by atoms with Gasteiger partial charge in [-0.05, 0) is 12.0 Å². The van der Waals surface area contributed by atoms with Gasteiger partial charge in [0.15, 0.2) is 0 Å². The van der Waals surface area contributed by atoms with Gasteiger partial charge in [-0.3, -0.25) is 9.59 Å². The second kappa shape index (κ2) is 5.84. The van der Waals surface area contributed by atoms with E-state index in [2.05, 4.69) is 26.2 Å². The van der Waals surface area contributed by atoms with E-state index in [1.165, 1.54) is 6.07 Å². The first-order chi connectivity index (χ1) is 7.54. The number of carbonyl (C=O) groups excluding carboxylic acids is 1. The molecule has 1 unspecified atom stereocenters. The molecule has 0 saturated carbocycles. The van der Waals surface area contributed by atoms with Crippen molar-refractivity contribution in [1.29, 1.82) is 0 Å². The molecule has 0 aliphatic heterocycles. The molecule has 16 heavy (non-hydrogen) atoms. The third-order valence-corrected chi connectivity index (χ3v) is 3.00. The fourth-order valence-corrected chi connectivity index (χ4v) is 2.12. The van der Waals surface area contributed by atoms with Gasteiger partial charge in [0, 0.05) is 17.4 Å². The lowest BCUT2D eigenvalue weighted by atomic mass is 10.1. The van der Waals surface area contributed by atoms with E-state index in [4.69, 9.17) is 0 Å². The van der Waals surface area contributed by atoms with Crippen LogP contribution >= 0.6 is 15.9 Å². The molecule has 1 heterocycles. The highest BCUT2D eigenvalue weighted by Crippen LogP contribution is 2.05. The van der Waals surface area contributed by atoms with Crippen LogP contribution in [0.5, 0.6) is 0 Å². The van der Waals surface area contributed by atoms with Gasteiger partial charge in [0.2, 0.25) is 5.56 Å². The third-order valence-electron chi connectivity index (χ3n) is 2.30. The molecule has 2 N–H and O–H groups in total. The van der Waals surface area contributed by atoms with Crippen LogP contribution < -0.4 is 10.9 Å². The van der Waals surface area contributed by atoms with Crippen LogP contribution in [0, 0.1) is 5.92 Å². The largest absolute Gasteiger partial charge is 0.347 e. The van der Waals surface area contributed by atoms with Crippen LogP contribution in [0.4, 0.5) is 0 Å². The highest BCUT2D eigenvalue weighted by molar-refractivity contribution is 9.09. The molecular weight excluding hydrogens is 272 g/mol. The van der Waals surface area contributed by atoms with E-state index < -0.39 is 0 Å². The van der Waals surface area contributed by atoms with Crippen LogP contribution in [0.3, 0.4) is 0 Å². The molecular formula is C11H15BrN2O2. The number of rotatable bonds is 4. The van der Waals surface area contributed by atoms with Crippen LogP contribution in [0.1, 0.15) is 24.3 Å². The third kappa shape index (κ3) is 3.48. The highest BCUT2D eigenvalue weighted by atomic mass is 79.9. The monoisotopic (exact) mass is 286 g/mol. The zero-order chi connectivity index (χ0) is 12.1. The van der Waals surface area contributed by atoms with Crippen molar-refractivity contribution in [3.05, 3.63) is 34.2 Å². The average molecular weight is 287 g/mol. The van der Waals surface area contributed by atoms with Gasteiger partial charge in [-0.2, -0.15) is 0 Å². The molecule has 1 rings (SSSR count). The number of hydrogen-bond donors (Lipinski definition) is 2. The minimum atomic E-state index is -0.271. The Morgan fingerprint density at radius 1 is 1.50 bits per heavy atom. The number of aromatic nitrogens is 1. The molecule has 0 aromatic carbocycles. The maximum atomic E-state index is 11.8. The molecule has 0 saturated heterocycles. The maximum absolute atomic E-state index is 11.8. The highest BCUT2D eigenvalue weighted by Gasteiger charge is 2.16. The molecule has 4 nitrogen and oxygen atoms in total. The van der Waals surface area contributed by atoms with Gasteiger partial charge < -0.3 is 10.3 Å². The molecule has 0 spiro atoms. The second-order valence-electron chi connectivity index (χ2n) is 3.91. The van der Waals surface area contributed by atoms with E-state index in [9.17, 15) is 9.59 Å². The lowest BCUT2D eigenvalue weighted by Gasteiger charge is -2.19. The maximum Gasteiger partial charge on any atom is 0.268 e. The van der Waals surface area contributed by atoms with Crippen molar-refractivity contribution in [2.75, 3.05) is 5.33 Å². The lowest BCUT2D eigenvalue weighted by molar-refractivity contribution is 0.0926. The average Bonchev–Trinajstić information content (AvgIpc) is 2.25. The summed E-state index contributed by atoms with van der Waals surface area (Å²) in [5.74, 6) is 0.0783. The summed E-state index contributed by atoms with van der Waals surface area (Å²) in [4.78, 5) is 25.3. The number of aromatic amines is 1. The molecule has 0 radical (unpaired) electrons. The summed E-state index contributed by atoms with van der Waals surface area (Å²) in [5, 5.41) is 3.54. The molecule has 1 aromatic heterocycles. The van der Waals surface area contributed by atoms with E-state index in [-0.39, 0.29) is 17.5 Å². The first kappa shape index (κ1) is 13.0. The molecule has 0 fully saturated rings. The number of halogens is 1. The smallest absolute Gasteiger partial charge is 0.268 e. The van der Waals surface area contributed by atoms with E-state index in [1.807, 2.05) is 13.8 Å². The Morgan fingerprint density at radius 3 is 2.69 bits per heavy atom. The summed E-state index contributed by atoms with van der Waals surface area (Å²) >= 11 is 3.35. The second-order valence-corrected chi connectivity index (χ2v) is 4.55. The minimum Gasteiger partial charge on any atom is -0.347 e. The van der Waals surface area contributed by atoms with Gasteiger partial charge in [0.25, 0.3) is 5.91 Å². The number of amides is 1. The van der Waals surface area contributed by atoms with E-state index >= 15 is 0 Å². The van der Waals surface area contributed by atoms with Crippen molar-refractivity contribution >= 4 is 21.8 Å². The van der Waals surface area contributed by atoms with Crippen LogP contribution in [-0.2, 0) is 0 Å². The number of pyridine rings is 1. The fourth-order valence-electron chi connectivity index (χ4n) is 1.21. The molecule has 0 bridgehead atoms. The summed E-state index contributed by atoms with van der Waals surface area (Å²) in [6, 6.07) is 4.58. The molecule has 0 aliphatic rings. The standard InChI is InChI=1S/C11H15BrN2O2/c1-7(2)9(6-12)14-11(16)8-4-3-5-10(15)13-8/h3-5,7,9H,6H2,1-2H3,(H,13,15)(H,14,16). The van der Waals surface area contributed by atoms with Gasteiger partial charge in [-0.1, -0.05) is 35.8 Å². The van der Waals surface area contributed by atoms with Crippen molar-refractivity contribution in [2.24, 2.45) is 5.92 Å². The van der Waals surface area contributed by atoms with Gasteiger partial charge in [0.05, 0.1) is 0 Å². The fraction of sp³-hybridized carbons (Fsp3) is 0.455. The lowest BCUT2D eigenvalue weighted by Crippen LogP contribution is -2.40. The van der Waals surface area contributed by atoms with Crippen molar-refractivity contribution < 1.29 is 4.79 Å². The SMILES string of the molecule is CC(C)C(CBr)NC(=O)c1cccc(=O)[nH]1. The zero-order valence-electron chi connectivity index (χ0n) is 9.29. The quantitative estimate of drug-likeness (QED) is 0.825. The summed E-state index contributed by atoms with van der Waals surface area (Å²) in [6.45, 7) is 4.06. The normalized spacial score (nSPS) is 12.5. The summed E-state index contributed by atoms with van der Waals surface area (Å²) < 4.78 is 0. The Bertz CT molecular complexity index is 414. The van der Waals surface area contributed by atoms with Crippen molar-refractivity contribution in [3.8, 4) is 0 Å². The molecule has 0 aliphatic carbocycles. The molecule has 1 amide bonds. The van der Waals surface area contributed by atoms with Crippen LogP contribution in [0.2, 0.25) is 0 Å².